The molecule has 0 bridgehead atoms. The Morgan fingerprint density at radius 2 is 2.50 bits per heavy atom. The largest absolute Gasteiger partial charge is 0.376 e. The fourth-order valence-corrected chi connectivity index (χ4v) is 1.06. The van der Waals surface area contributed by atoms with Crippen LogP contribution in [0.5, 0.6) is 0 Å². The van der Waals surface area contributed by atoms with Gasteiger partial charge in [0.25, 0.3) is 0 Å². The predicted octanol–water partition coefficient (Wildman–Crippen LogP) is -0.716. The average Bonchev–Trinajstić information content (AvgIpc) is 2.15. The minimum Gasteiger partial charge on any atom is -0.376 e. The van der Waals surface area contributed by atoms with Crippen molar-refractivity contribution in [2.75, 3.05) is 26.4 Å². The van der Waals surface area contributed by atoms with Crippen LogP contribution in [-0.2, 0) is 9.47 Å². The van der Waals surface area contributed by atoms with Gasteiger partial charge in [-0.05, 0) is 6.92 Å². The summed E-state index contributed by atoms with van der Waals surface area (Å²) in [5.74, 6) is 5.94. The summed E-state index contributed by atoms with van der Waals surface area (Å²) >= 11 is 0. The molecule has 1 aliphatic rings. The SMILES string of the molecule is CCN=C(NN)C1COCCO1. The lowest BCUT2D eigenvalue weighted by Gasteiger charge is -2.23. The van der Waals surface area contributed by atoms with Gasteiger partial charge < -0.3 is 14.9 Å². The third kappa shape index (κ3) is 2.44. The number of nitrogens with one attached hydrogen (secondary N) is 1. The van der Waals surface area contributed by atoms with E-state index in [0.717, 1.165) is 0 Å². The zero-order valence-corrected chi connectivity index (χ0v) is 7.25. The number of amidine groups is 1. The molecule has 1 fully saturated rings. The van der Waals surface area contributed by atoms with Crippen LogP contribution < -0.4 is 11.3 Å². The Bertz CT molecular complexity index is 155. The fourth-order valence-electron chi connectivity index (χ4n) is 1.06. The Labute approximate surface area is 71.9 Å². The number of nitrogens with zero attached hydrogens (tertiary/aromatic N) is 1. The van der Waals surface area contributed by atoms with Gasteiger partial charge >= 0.3 is 0 Å². The molecular weight excluding hydrogens is 158 g/mol. The van der Waals surface area contributed by atoms with Gasteiger partial charge in [-0.25, -0.2) is 5.84 Å². The standard InChI is InChI=1S/C7H15N3O2/c1-2-9-7(10-8)6-5-11-3-4-12-6/h6H,2-5,8H2,1H3,(H,9,10). The number of aliphatic imine (C=N–C) groups is 1. The highest BCUT2D eigenvalue weighted by Crippen LogP contribution is 2.01. The molecule has 1 atom stereocenters. The van der Waals surface area contributed by atoms with Gasteiger partial charge in [-0.1, -0.05) is 0 Å². The zero-order chi connectivity index (χ0) is 8.81. The van der Waals surface area contributed by atoms with E-state index >= 15 is 0 Å². The Balaban J connectivity index is 2.46. The number of nitrogens with two attached hydrogens (primary N) is 1. The second-order valence-electron chi connectivity index (χ2n) is 2.44. The van der Waals surface area contributed by atoms with Crippen molar-refractivity contribution in [1.29, 1.82) is 0 Å². The molecule has 1 aliphatic heterocycles. The Morgan fingerprint density at radius 1 is 1.67 bits per heavy atom. The average molecular weight is 173 g/mol. The van der Waals surface area contributed by atoms with Crippen LogP contribution in [0.3, 0.4) is 0 Å². The summed E-state index contributed by atoms with van der Waals surface area (Å²) in [6, 6.07) is 0. The summed E-state index contributed by atoms with van der Waals surface area (Å²) < 4.78 is 10.6. The summed E-state index contributed by atoms with van der Waals surface area (Å²) in [7, 11) is 0. The summed E-state index contributed by atoms with van der Waals surface area (Å²) in [5, 5.41) is 0. The van der Waals surface area contributed by atoms with Crippen molar-refractivity contribution < 1.29 is 9.47 Å². The zero-order valence-electron chi connectivity index (χ0n) is 7.25. The van der Waals surface area contributed by atoms with Crippen molar-refractivity contribution >= 4 is 5.84 Å². The number of ether oxygens (including phenoxy) is 2. The van der Waals surface area contributed by atoms with E-state index in [1.54, 1.807) is 0 Å². The van der Waals surface area contributed by atoms with E-state index < -0.39 is 0 Å². The molecule has 0 aliphatic carbocycles. The molecule has 1 rings (SSSR count). The lowest BCUT2D eigenvalue weighted by atomic mass is 10.3. The second-order valence-corrected chi connectivity index (χ2v) is 2.44. The molecule has 1 saturated heterocycles. The maximum atomic E-state index is 5.39. The molecule has 0 spiro atoms. The molecule has 1 unspecified atom stereocenters. The first-order chi connectivity index (χ1) is 5.88. The van der Waals surface area contributed by atoms with Crippen LogP contribution in [0, 0.1) is 0 Å². The van der Waals surface area contributed by atoms with Crippen molar-refractivity contribution in [3.8, 4) is 0 Å². The molecule has 0 aromatic heterocycles. The summed E-state index contributed by atoms with van der Waals surface area (Å²) in [6.07, 6.45) is -0.122. The number of hydrogen-bond acceptors (Lipinski definition) is 4. The Hall–Kier alpha value is -0.650. The smallest absolute Gasteiger partial charge is 0.142 e. The van der Waals surface area contributed by atoms with Crippen molar-refractivity contribution in [3.05, 3.63) is 0 Å². The van der Waals surface area contributed by atoms with Crippen LogP contribution in [-0.4, -0.2) is 38.3 Å². The molecule has 0 radical (unpaired) electrons. The first-order valence-electron chi connectivity index (χ1n) is 4.08. The minimum absolute atomic E-state index is 0.122. The number of hydrazine groups is 1. The fraction of sp³-hybridized carbons (Fsp3) is 0.857. The highest BCUT2D eigenvalue weighted by atomic mass is 16.6. The second kappa shape index (κ2) is 5.08. The summed E-state index contributed by atoms with van der Waals surface area (Å²) in [6.45, 7) is 4.43. The quantitative estimate of drug-likeness (QED) is 0.250. The van der Waals surface area contributed by atoms with Gasteiger partial charge in [-0.2, -0.15) is 0 Å². The molecule has 5 heteroatoms. The topological polar surface area (TPSA) is 68.9 Å². The van der Waals surface area contributed by atoms with Crippen LogP contribution in [0.2, 0.25) is 0 Å². The van der Waals surface area contributed by atoms with Gasteiger partial charge in [0.2, 0.25) is 0 Å². The van der Waals surface area contributed by atoms with E-state index in [2.05, 4.69) is 10.4 Å². The molecule has 0 aromatic carbocycles. The lowest BCUT2D eigenvalue weighted by molar-refractivity contribution is -0.0606. The van der Waals surface area contributed by atoms with Crippen molar-refractivity contribution in [3.63, 3.8) is 0 Å². The van der Waals surface area contributed by atoms with Crippen molar-refractivity contribution in [2.24, 2.45) is 10.8 Å². The maximum absolute atomic E-state index is 5.39. The van der Waals surface area contributed by atoms with E-state index in [9.17, 15) is 0 Å². The van der Waals surface area contributed by atoms with E-state index in [1.165, 1.54) is 0 Å². The predicted molar refractivity (Wildman–Crippen MR) is 45.9 cm³/mol. The van der Waals surface area contributed by atoms with Crippen molar-refractivity contribution in [1.82, 2.24) is 5.43 Å². The third-order valence-corrected chi connectivity index (χ3v) is 1.60. The van der Waals surface area contributed by atoms with Crippen LogP contribution in [0.4, 0.5) is 0 Å². The Kier molecular flexibility index (Phi) is 3.99. The van der Waals surface area contributed by atoms with Crippen LogP contribution >= 0.6 is 0 Å². The highest BCUT2D eigenvalue weighted by Gasteiger charge is 2.19. The van der Waals surface area contributed by atoms with Crippen LogP contribution in [0.1, 0.15) is 6.92 Å². The van der Waals surface area contributed by atoms with Gasteiger partial charge in [0.05, 0.1) is 19.8 Å². The van der Waals surface area contributed by atoms with E-state index in [4.69, 9.17) is 15.3 Å². The molecule has 1 heterocycles. The van der Waals surface area contributed by atoms with Crippen LogP contribution in [0.25, 0.3) is 0 Å². The third-order valence-electron chi connectivity index (χ3n) is 1.60. The molecule has 0 saturated carbocycles. The lowest BCUT2D eigenvalue weighted by Crippen LogP contribution is -2.45. The van der Waals surface area contributed by atoms with Gasteiger partial charge in [0.15, 0.2) is 0 Å². The van der Waals surface area contributed by atoms with Crippen LogP contribution in [0.15, 0.2) is 4.99 Å². The van der Waals surface area contributed by atoms with E-state index in [-0.39, 0.29) is 6.10 Å². The first-order valence-corrected chi connectivity index (χ1v) is 4.08. The van der Waals surface area contributed by atoms with Crippen molar-refractivity contribution in [2.45, 2.75) is 13.0 Å². The molecule has 12 heavy (non-hydrogen) atoms. The van der Waals surface area contributed by atoms with E-state index in [1.807, 2.05) is 6.92 Å². The van der Waals surface area contributed by atoms with Gasteiger partial charge in [0, 0.05) is 6.54 Å². The number of hydrogen-bond donors (Lipinski definition) is 2. The Morgan fingerprint density at radius 3 is 3.00 bits per heavy atom. The minimum atomic E-state index is -0.122. The molecular formula is C7H15N3O2. The van der Waals surface area contributed by atoms with E-state index in [0.29, 0.717) is 32.2 Å². The molecule has 3 N–H and O–H groups in total. The van der Waals surface area contributed by atoms with Gasteiger partial charge in [-0.15, -0.1) is 0 Å². The summed E-state index contributed by atoms with van der Waals surface area (Å²) in [5.41, 5.74) is 2.52. The molecule has 0 aromatic rings. The first kappa shape index (κ1) is 9.44. The molecule has 70 valence electrons. The number of rotatable bonds is 2. The van der Waals surface area contributed by atoms with Gasteiger partial charge in [-0.3, -0.25) is 4.99 Å². The monoisotopic (exact) mass is 173 g/mol. The van der Waals surface area contributed by atoms with Gasteiger partial charge in [0.1, 0.15) is 11.9 Å². The normalized spacial score (nSPS) is 25.5. The molecule has 0 amide bonds. The maximum Gasteiger partial charge on any atom is 0.142 e. The molecule has 5 nitrogen and oxygen atoms in total. The summed E-state index contributed by atoms with van der Waals surface area (Å²) in [4.78, 5) is 4.14. The highest BCUT2D eigenvalue weighted by molar-refractivity contribution is 5.86.